The van der Waals surface area contributed by atoms with Crippen LogP contribution in [0, 0.1) is 0 Å². The topological polar surface area (TPSA) is 180 Å². The van der Waals surface area contributed by atoms with Gasteiger partial charge in [-0.25, -0.2) is 0 Å². The molecule has 0 saturated carbocycles. The van der Waals surface area contributed by atoms with Crippen molar-refractivity contribution < 1.29 is 39.6 Å². The molecule has 14 heteroatoms. The molecule has 0 aromatic heterocycles. The number of thioether (sulfide) groups is 2. The van der Waals surface area contributed by atoms with Crippen molar-refractivity contribution in [3.63, 3.8) is 0 Å². The molecule has 0 aliphatic carbocycles. The zero-order valence-electron chi connectivity index (χ0n) is 49.9. The van der Waals surface area contributed by atoms with Crippen molar-refractivity contribution in [2.75, 3.05) is 50.8 Å². The minimum absolute atomic E-state index is 0.201. The average Bonchev–Trinajstić information content (AvgIpc) is 3.40. The number of nitrogens with one attached hydrogen (secondary N) is 2. The summed E-state index contributed by atoms with van der Waals surface area (Å²) in [6, 6.07) is -2.10. The van der Waals surface area contributed by atoms with Gasteiger partial charge in [-0.15, -0.1) is 0 Å². The van der Waals surface area contributed by atoms with Crippen LogP contribution in [0.15, 0.2) is 48.6 Å². The van der Waals surface area contributed by atoms with Crippen LogP contribution in [0.5, 0.6) is 0 Å². The highest BCUT2D eigenvalue weighted by atomic mass is 32.2. The van der Waals surface area contributed by atoms with Crippen LogP contribution in [0.1, 0.15) is 246 Å². The second kappa shape index (κ2) is 52.8. The Morgan fingerprint density at radius 3 is 0.910 bits per heavy atom. The van der Waals surface area contributed by atoms with E-state index in [9.17, 15) is 39.6 Å². The molecule has 0 radical (unpaired) electrons. The summed E-state index contributed by atoms with van der Waals surface area (Å²) >= 11 is 2.14. The summed E-state index contributed by atoms with van der Waals surface area (Å²) in [6.07, 6.45) is 49.7. The van der Waals surface area contributed by atoms with Crippen molar-refractivity contribution in [3.8, 4) is 0 Å². The maximum Gasteiger partial charge on any atom is 0.243 e. The van der Waals surface area contributed by atoms with E-state index in [-0.39, 0.29) is 23.1 Å². The highest BCUT2D eigenvalue weighted by Gasteiger charge is 2.36. The number of aliphatic hydroxyl groups is 4. The number of amides is 2. The quantitative estimate of drug-likeness (QED) is 0.0251. The number of hydrogen-bond donors (Lipinski definition) is 6. The number of nitrogens with zero attached hydrogens (tertiary/aromatic N) is 2. The van der Waals surface area contributed by atoms with Gasteiger partial charge >= 0.3 is 0 Å². The van der Waals surface area contributed by atoms with Gasteiger partial charge in [0.15, 0.2) is 10.2 Å². The molecule has 0 spiro atoms. The third kappa shape index (κ3) is 44.4. The summed E-state index contributed by atoms with van der Waals surface area (Å²) in [6.45, 7) is 11.2. The molecule has 0 bridgehead atoms. The van der Waals surface area contributed by atoms with Crippen molar-refractivity contribution in [3.05, 3.63) is 48.6 Å². The summed E-state index contributed by atoms with van der Waals surface area (Å²) < 4.78 is 0. The molecule has 1 aliphatic rings. The van der Waals surface area contributed by atoms with E-state index < -0.39 is 48.3 Å². The Labute approximate surface area is 485 Å². The first kappa shape index (κ1) is 73.7. The third-order valence-corrected chi connectivity index (χ3v) is 16.2. The van der Waals surface area contributed by atoms with Crippen molar-refractivity contribution in [1.82, 2.24) is 20.4 Å². The summed E-state index contributed by atoms with van der Waals surface area (Å²) in [5, 5.41) is 48.8. The molecule has 1 saturated heterocycles. The van der Waals surface area contributed by atoms with Crippen LogP contribution in [0.4, 0.5) is 0 Å². The predicted molar refractivity (Wildman–Crippen MR) is 332 cm³/mol. The largest absolute Gasteiger partial charge is 0.391 e. The van der Waals surface area contributed by atoms with Crippen LogP contribution in [-0.2, 0) is 19.2 Å². The Morgan fingerprint density at radius 2 is 0.654 bits per heavy atom. The molecule has 12 nitrogen and oxygen atoms in total. The van der Waals surface area contributed by atoms with E-state index in [1.807, 2.05) is 34.1 Å². The zero-order valence-corrected chi connectivity index (χ0v) is 51.5. The first-order valence-electron chi connectivity index (χ1n) is 31.6. The molecule has 0 aromatic carbocycles. The molecule has 1 aliphatic heterocycles. The van der Waals surface area contributed by atoms with Gasteiger partial charge in [0.05, 0.1) is 24.4 Å². The average molecular weight is 1130 g/mol. The monoisotopic (exact) mass is 1130 g/mol. The molecular weight excluding hydrogens is 1020 g/mol. The number of piperazine rings is 1. The number of unbranched alkanes of at least 4 members (excludes halogenated alkanes) is 24. The molecule has 6 atom stereocenters. The number of rotatable bonds is 54. The van der Waals surface area contributed by atoms with Crippen molar-refractivity contribution in [2.24, 2.45) is 0 Å². The summed E-state index contributed by atoms with van der Waals surface area (Å²) in [5.74, 6) is -0.244. The predicted octanol–water partition coefficient (Wildman–Crippen LogP) is 13.1. The number of carbonyl (C=O) groups excluding carboxylic acids is 4. The van der Waals surface area contributed by atoms with Crippen LogP contribution in [0.2, 0.25) is 0 Å². The Morgan fingerprint density at radius 1 is 0.410 bits per heavy atom. The van der Waals surface area contributed by atoms with E-state index in [1.165, 1.54) is 128 Å². The Kier molecular flexibility index (Phi) is 49.9. The van der Waals surface area contributed by atoms with E-state index in [4.69, 9.17) is 0 Å². The summed E-state index contributed by atoms with van der Waals surface area (Å²) in [7, 11) is 0. The SMILES string of the molecule is CCCCCCCC/C=C\CC(O)CN(CCSC(=O)CC1NC(=O)C(CC(=O)SCCN(CC(O)C/C=C\CCCCCCCC)CC(O)C/C=C\CCCCCCCC)NC1=O)CC(O)C/C=C\CCCCCCCC. The number of carbonyl (C=O) groups is 4. The molecule has 0 aromatic rings. The maximum atomic E-state index is 13.2. The first-order chi connectivity index (χ1) is 37.9. The minimum Gasteiger partial charge on any atom is -0.391 e. The standard InChI is InChI=1S/C64H116N4O8S2/c1-5-9-13-17-21-25-29-33-37-41-55(69)51-67(52-56(70)42-38-34-30-26-22-18-14-10-6-2)45-47-77-61(73)49-59-63(75)66-60(64(76)65-59)50-62(74)78-48-46-68(53-57(71)43-39-35-31-27-23-19-15-11-7-3)54-58(72)44-40-36-32-28-24-20-16-12-8-4/h33-40,55-60,69-72H,5-32,41-54H2,1-4H3,(H,65,76)(H,66,75)/b37-33-,38-34-,39-35-,40-36-. The normalized spacial score (nSPS) is 16.8. The lowest BCUT2D eigenvalue weighted by Gasteiger charge is -2.29. The maximum absolute atomic E-state index is 13.2. The van der Waals surface area contributed by atoms with Gasteiger partial charge in [0.2, 0.25) is 11.8 Å². The second-order valence-corrected chi connectivity index (χ2v) is 24.5. The fraction of sp³-hybridized carbons (Fsp3) is 0.812. The molecule has 1 fully saturated rings. The molecule has 1 heterocycles. The summed E-state index contributed by atoms with van der Waals surface area (Å²) in [5.41, 5.74) is 0. The fourth-order valence-corrected chi connectivity index (χ4v) is 11.4. The number of aliphatic hydroxyl groups excluding tert-OH is 4. The highest BCUT2D eigenvalue weighted by molar-refractivity contribution is 8.13. The smallest absolute Gasteiger partial charge is 0.243 e. The van der Waals surface area contributed by atoms with Crippen LogP contribution in [-0.4, -0.2) is 140 Å². The molecule has 1 rings (SSSR count). The number of allylic oxidation sites excluding steroid dienone is 4. The Hall–Kier alpha value is -2.30. The molecule has 78 heavy (non-hydrogen) atoms. The van der Waals surface area contributed by atoms with Gasteiger partial charge in [-0.1, -0.05) is 228 Å². The van der Waals surface area contributed by atoms with Gasteiger partial charge in [-0.05, 0) is 77.0 Å². The van der Waals surface area contributed by atoms with Gasteiger partial charge in [0.1, 0.15) is 12.1 Å². The van der Waals surface area contributed by atoms with Crippen LogP contribution >= 0.6 is 23.5 Å². The Balaban J connectivity index is 2.71. The van der Waals surface area contributed by atoms with Crippen LogP contribution < -0.4 is 10.6 Å². The van der Waals surface area contributed by atoms with E-state index in [0.717, 1.165) is 74.9 Å². The first-order valence-corrected chi connectivity index (χ1v) is 33.6. The van der Waals surface area contributed by atoms with Crippen molar-refractivity contribution >= 4 is 45.6 Å². The molecule has 2 amide bonds. The van der Waals surface area contributed by atoms with Crippen LogP contribution in [0.3, 0.4) is 0 Å². The van der Waals surface area contributed by atoms with E-state index in [1.54, 1.807) is 0 Å². The van der Waals surface area contributed by atoms with Gasteiger partial charge in [-0.3, -0.25) is 29.0 Å². The fourth-order valence-electron chi connectivity index (χ4n) is 9.65. The Bertz CT molecular complexity index is 1410. The molecule has 6 N–H and O–H groups in total. The van der Waals surface area contributed by atoms with Gasteiger partial charge in [0, 0.05) is 63.6 Å². The minimum atomic E-state index is -1.05. The van der Waals surface area contributed by atoms with Gasteiger partial charge in [-0.2, -0.15) is 0 Å². The molecule has 452 valence electrons. The van der Waals surface area contributed by atoms with Gasteiger partial charge in [0.25, 0.3) is 0 Å². The van der Waals surface area contributed by atoms with E-state index >= 15 is 0 Å². The van der Waals surface area contributed by atoms with Gasteiger partial charge < -0.3 is 31.1 Å². The molecular formula is C64H116N4O8S2. The second-order valence-electron chi connectivity index (χ2n) is 22.2. The zero-order chi connectivity index (χ0) is 57.1. The van der Waals surface area contributed by atoms with Crippen molar-refractivity contribution in [2.45, 2.75) is 283 Å². The highest BCUT2D eigenvalue weighted by Crippen LogP contribution is 2.18. The lowest BCUT2D eigenvalue weighted by atomic mass is 10.1. The lowest BCUT2D eigenvalue weighted by Crippen LogP contribution is -2.62. The summed E-state index contributed by atoms with van der Waals surface area (Å²) in [4.78, 5) is 56.8. The van der Waals surface area contributed by atoms with Crippen LogP contribution in [0.25, 0.3) is 0 Å². The number of hydrogen-bond acceptors (Lipinski definition) is 12. The third-order valence-electron chi connectivity index (χ3n) is 14.4. The lowest BCUT2D eigenvalue weighted by molar-refractivity contribution is -0.138. The molecule has 6 unspecified atom stereocenters. The van der Waals surface area contributed by atoms with Crippen molar-refractivity contribution in [1.29, 1.82) is 0 Å². The van der Waals surface area contributed by atoms with E-state index in [2.05, 4.69) is 62.6 Å². The van der Waals surface area contributed by atoms with E-state index in [0.29, 0.717) is 76.5 Å².